The van der Waals surface area contributed by atoms with Crippen molar-refractivity contribution in [1.82, 2.24) is 0 Å². The molecule has 1 unspecified atom stereocenters. The van der Waals surface area contributed by atoms with Crippen molar-refractivity contribution in [2.45, 2.75) is 45.4 Å². The fourth-order valence-electron chi connectivity index (χ4n) is 1.79. The van der Waals surface area contributed by atoms with Gasteiger partial charge in [-0.3, -0.25) is 0 Å². The molecule has 0 amide bonds. The standard InChI is InChI=1S/C17H22F3NO/c1-3-4-6-9-14(2)22-16(17(18,19)20)21-13-12-15-10-7-5-8-11-15/h5-11,14H,3-4,12-13H2,1-2H3/b9-6+,21-16?. The number of benzene rings is 1. The molecule has 0 heterocycles. The maximum absolute atomic E-state index is 12.9. The topological polar surface area (TPSA) is 21.6 Å². The van der Waals surface area contributed by atoms with Crippen molar-refractivity contribution in [3.8, 4) is 0 Å². The Kier molecular flexibility index (Phi) is 7.71. The molecule has 0 aliphatic rings. The third-order valence-electron chi connectivity index (χ3n) is 2.90. The van der Waals surface area contributed by atoms with Crippen LogP contribution in [0.2, 0.25) is 0 Å². The third kappa shape index (κ3) is 7.29. The van der Waals surface area contributed by atoms with Crippen molar-refractivity contribution in [2.24, 2.45) is 4.99 Å². The Bertz CT molecular complexity index is 480. The number of alkyl halides is 3. The zero-order valence-electron chi connectivity index (χ0n) is 12.9. The first-order chi connectivity index (χ1) is 10.4. The maximum atomic E-state index is 12.9. The van der Waals surface area contributed by atoms with Crippen LogP contribution in [0.1, 0.15) is 32.3 Å². The Morgan fingerprint density at radius 3 is 2.55 bits per heavy atom. The lowest BCUT2D eigenvalue weighted by atomic mass is 10.2. The first-order valence-corrected chi connectivity index (χ1v) is 7.42. The lowest BCUT2D eigenvalue weighted by Gasteiger charge is -2.15. The minimum atomic E-state index is -4.57. The number of unbranched alkanes of at least 4 members (excludes halogenated alkanes) is 1. The molecule has 0 saturated heterocycles. The summed E-state index contributed by atoms with van der Waals surface area (Å²) in [6, 6.07) is 9.28. The lowest BCUT2D eigenvalue weighted by Crippen LogP contribution is -2.29. The van der Waals surface area contributed by atoms with Gasteiger partial charge in [0.05, 0.1) is 0 Å². The third-order valence-corrected chi connectivity index (χ3v) is 2.90. The second-order valence-electron chi connectivity index (χ2n) is 4.96. The van der Waals surface area contributed by atoms with E-state index in [1.54, 1.807) is 13.0 Å². The minimum absolute atomic E-state index is 0.0459. The lowest BCUT2D eigenvalue weighted by molar-refractivity contribution is -0.0808. The minimum Gasteiger partial charge on any atom is -0.467 e. The summed E-state index contributed by atoms with van der Waals surface area (Å²) in [6.45, 7) is 3.62. The summed E-state index contributed by atoms with van der Waals surface area (Å²) >= 11 is 0. The summed E-state index contributed by atoms with van der Waals surface area (Å²) in [7, 11) is 0. The van der Waals surface area contributed by atoms with Crippen LogP contribution in [0.5, 0.6) is 0 Å². The number of allylic oxidation sites excluding steroid dienone is 1. The summed E-state index contributed by atoms with van der Waals surface area (Å²) in [5.41, 5.74) is 0.948. The SMILES string of the molecule is CCC/C=C/C(C)OC(=NCCc1ccccc1)C(F)(F)F. The van der Waals surface area contributed by atoms with Crippen molar-refractivity contribution in [3.05, 3.63) is 48.0 Å². The molecule has 122 valence electrons. The molecule has 1 atom stereocenters. The number of ether oxygens (including phenoxy) is 1. The zero-order valence-corrected chi connectivity index (χ0v) is 12.9. The summed E-state index contributed by atoms with van der Waals surface area (Å²) in [5, 5.41) is 0. The van der Waals surface area contributed by atoms with Crippen LogP contribution in [0.4, 0.5) is 13.2 Å². The van der Waals surface area contributed by atoms with Crippen LogP contribution in [-0.2, 0) is 11.2 Å². The number of nitrogens with zero attached hydrogens (tertiary/aromatic N) is 1. The monoisotopic (exact) mass is 313 g/mol. The second kappa shape index (κ2) is 9.28. The van der Waals surface area contributed by atoms with Crippen LogP contribution in [0.3, 0.4) is 0 Å². The Hall–Kier alpha value is -1.78. The van der Waals surface area contributed by atoms with Crippen LogP contribution < -0.4 is 0 Å². The Morgan fingerprint density at radius 1 is 1.27 bits per heavy atom. The molecule has 22 heavy (non-hydrogen) atoms. The van der Waals surface area contributed by atoms with Gasteiger partial charge in [0.2, 0.25) is 0 Å². The van der Waals surface area contributed by atoms with Gasteiger partial charge in [-0.25, -0.2) is 4.99 Å². The molecule has 2 nitrogen and oxygen atoms in total. The van der Waals surface area contributed by atoms with Crippen molar-refractivity contribution < 1.29 is 17.9 Å². The first kappa shape index (κ1) is 18.3. The zero-order chi connectivity index (χ0) is 16.4. The van der Waals surface area contributed by atoms with Crippen molar-refractivity contribution in [2.75, 3.05) is 6.54 Å². The van der Waals surface area contributed by atoms with Gasteiger partial charge in [-0.15, -0.1) is 0 Å². The van der Waals surface area contributed by atoms with E-state index in [0.29, 0.717) is 6.42 Å². The number of hydrogen-bond acceptors (Lipinski definition) is 2. The molecule has 1 aromatic rings. The van der Waals surface area contributed by atoms with Crippen LogP contribution in [0.15, 0.2) is 47.5 Å². The van der Waals surface area contributed by atoms with Crippen LogP contribution in [0, 0.1) is 0 Å². The second-order valence-corrected chi connectivity index (χ2v) is 4.96. The van der Waals surface area contributed by atoms with Gasteiger partial charge in [-0.2, -0.15) is 13.2 Å². The van der Waals surface area contributed by atoms with Crippen LogP contribution in [0.25, 0.3) is 0 Å². The highest BCUT2D eigenvalue weighted by Gasteiger charge is 2.38. The Morgan fingerprint density at radius 2 is 1.95 bits per heavy atom. The van der Waals surface area contributed by atoms with E-state index >= 15 is 0 Å². The molecule has 0 aromatic heterocycles. The summed E-state index contributed by atoms with van der Waals surface area (Å²) in [6.07, 6.45) is 0.447. The van der Waals surface area contributed by atoms with E-state index in [0.717, 1.165) is 18.4 Å². The number of rotatable bonds is 7. The van der Waals surface area contributed by atoms with Gasteiger partial charge in [0.15, 0.2) is 0 Å². The molecule has 5 heteroatoms. The van der Waals surface area contributed by atoms with Crippen molar-refractivity contribution in [1.29, 1.82) is 0 Å². The quantitative estimate of drug-likeness (QED) is 0.396. The Balaban J connectivity index is 2.62. The van der Waals surface area contributed by atoms with E-state index < -0.39 is 18.2 Å². The van der Waals surface area contributed by atoms with Gasteiger partial charge in [0, 0.05) is 6.54 Å². The van der Waals surface area contributed by atoms with Crippen molar-refractivity contribution >= 4 is 5.90 Å². The Labute approximate surface area is 129 Å². The summed E-state index contributed by atoms with van der Waals surface area (Å²) in [5.74, 6) is -1.16. The smallest absolute Gasteiger partial charge is 0.467 e. The molecule has 0 aliphatic heterocycles. The highest BCUT2D eigenvalue weighted by molar-refractivity contribution is 5.82. The van der Waals surface area contributed by atoms with Crippen LogP contribution in [-0.4, -0.2) is 24.7 Å². The average molecular weight is 313 g/mol. The van der Waals surface area contributed by atoms with E-state index in [1.807, 2.05) is 43.3 Å². The molecule has 1 aromatic carbocycles. The van der Waals surface area contributed by atoms with Gasteiger partial charge < -0.3 is 4.74 Å². The van der Waals surface area contributed by atoms with Gasteiger partial charge >= 0.3 is 6.18 Å². The average Bonchev–Trinajstić information content (AvgIpc) is 2.46. The van der Waals surface area contributed by atoms with E-state index in [2.05, 4.69) is 4.99 Å². The van der Waals surface area contributed by atoms with Gasteiger partial charge in [-0.1, -0.05) is 49.8 Å². The normalized spacial score (nSPS) is 14.3. The first-order valence-electron chi connectivity index (χ1n) is 7.42. The molecular formula is C17H22F3NO. The van der Waals surface area contributed by atoms with E-state index in [4.69, 9.17) is 4.74 Å². The van der Waals surface area contributed by atoms with Gasteiger partial charge in [0.1, 0.15) is 6.10 Å². The summed E-state index contributed by atoms with van der Waals surface area (Å²) < 4.78 is 43.7. The van der Waals surface area contributed by atoms with Gasteiger partial charge in [0.25, 0.3) is 5.90 Å². The number of aliphatic imine (C=N–C) groups is 1. The molecule has 1 rings (SSSR count). The predicted molar refractivity (Wildman–Crippen MR) is 83.1 cm³/mol. The molecule has 0 aliphatic carbocycles. The number of hydrogen-bond donors (Lipinski definition) is 0. The number of halogens is 3. The van der Waals surface area contributed by atoms with Crippen molar-refractivity contribution in [3.63, 3.8) is 0 Å². The van der Waals surface area contributed by atoms with Gasteiger partial charge in [-0.05, 0) is 31.4 Å². The molecule has 0 radical (unpaired) electrons. The van der Waals surface area contributed by atoms with Crippen LogP contribution >= 0.6 is 0 Å². The molecule has 0 fully saturated rings. The van der Waals surface area contributed by atoms with E-state index in [-0.39, 0.29) is 6.54 Å². The summed E-state index contributed by atoms with van der Waals surface area (Å²) in [4.78, 5) is 3.59. The molecule has 0 spiro atoms. The molecule has 0 saturated carbocycles. The fraction of sp³-hybridized carbons (Fsp3) is 0.471. The predicted octanol–water partition coefficient (Wildman–Crippen LogP) is 4.95. The maximum Gasteiger partial charge on any atom is 0.468 e. The molecular weight excluding hydrogens is 291 g/mol. The highest BCUT2D eigenvalue weighted by Crippen LogP contribution is 2.20. The molecule has 0 bridgehead atoms. The largest absolute Gasteiger partial charge is 0.468 e. The van der Waals surface area contributed by atoms with E-state index in [1.165, 1.54) is 0 Å². The molecule has 0 N–H and O–H groups in total. The van der Waals surface area contributed by atoms with E-state index in [9.17, 15) is 13.2 Å². The fourth-order valence-corrected chi connectivity index (χ4v) is 1.79. The highest BCUT2D eigenvalue weighted by atomic mass is 19.4.